The van der Waals surface area contributed by atoms with E-state index >= 15 is 0 Å². The summed E-state index contributed by atoms with van der Waals surface area (Å²) in [7, 11) is 0. The van der Waals surface area contributed by atoms with E-state index in [0.717, 1.165) is 30.8 Å². The van der Waals surface area contributed by atoms with Crippen molar-refractivity contribution in [2.45, 2.75) is 38.9 Å². The van der Waals surface area contributed by atoms with E-state index < -0.39 is 11.7 Å². The summed E-state index contributed by atoms with van der Waals surface area (Å²) < 4.78 is 38.3. The Morgan fingerprint density at radius 3 is 2.50 bits per heavy atom. The number of nitrogens with zero attached hydrogens (tertiary/aromatic N) is 5. The molecule has 0 bridgehead atoms. The maximum Gasteiger partial charge on any atom is 0.419 e. The first-order valence-corrected chi connectivity index (χ1v) is 11.1. The van der Waals surface area contributed by atoms with Gasteiger partial charge in [0.25, 0.3) is 5.91 Å². The topological polar surface area (TPSA) is 83.9 Å². The van der Waals surface area contributed by atoms with Crippen LogP contribution in [0.3, 0.4) is 0 Å². The molecule has 2 atom stereocenters. The molecule has 3 aromatic rings. The smallest absolute Gasteiger partial charge is 0.352 e. The van der Waals surface area contributed by atoms with Gasteiger partial charge in [-0.25, -0.2) is 19.9 Å². The van der Waals surface area contributed by atoms with Crippen molar-refractivity contribution in [3.63, 3.8) is 0 Å². The van der Waals surface area contributed by atoms with Gasteiger partial charge < -0.3 is 10.2 Å². The highest BCUT2D eigenvalue weighted by Crippen LogP contribution is 2.31. The van der Waals surface area contributed by atoms with E-state index in [9.17, 15) is 18.0 Å². The lowest BCUT2D eigenvalue weighted by atomic mass is 9.89. The number of piperidine rings is 1. The van der Waals surface area contributed by atoms with Gasteiger partial charge in [0.15, 0.2) is 5.82 Å². The molecule has 7 nitrogen and oxygen atoms in total. The van der Waals surface area contributed by atoms with Crippen LogP contribution in [-0.2, 0) is 6.18 Å². The first kappa shape index (κ1) is 23.6. The maximum atomic E-state index is 13.8. The molecule has 1 saturated heterocycles. The zero-order chi connectivity index (χ0) is 24.3. The monoisotopic (exact) mass is 470 g/mol. The maximum absolute atomic E-state index is 13.8. The second kappa shape index (κ2) is 9.74. The molecular formula is C24H25F3N6O. The summed E-state index contributed by atoms with van der Waals surface area (Å²) >= 11 is 0. The number of rotatable bonds is 5. The number of likely N-dealkylation sites (tertiary alicyclic amines) is 1. The van der Waals surface area contributed by atoms with Crippen molar-refractivity contribution in [2.75, 3.05) is 18.4 Å². The van der Waals surface area contributed by atoms with Gasteiger partial charge in [-0.3, -0.25) is 4.79 Å². The van der Waals surface area contributed by atoms with Crippen LogP contribution in [0, 0.1) is 12.8 Å². The quantitative estimate of drug-likeness (QED) is 0.586. The van der Waals surface area contributed by atoms with Crippen LogP contribution in [0.5, 0.6) is 0 Å². The number of halogens is 3. The SMILES string of the molecule is Cc1cccc(-c2ncccn2)c1C(=O)N1CCCC(C)C1CNc1ncc(C(F)(F)F)cn1. The third kappa shape index (κ3) is 5.00. The third-order valence-electron chi connectivity index (χ3n) is 6.12. The first-order valence-electron chi connectivity index (χ1n) is 11.1. The van der Waals surface area contributed by atoms with Gasteiger partial charge in [-0.05, 0) is 37.3 Å². The number of hydrogen-bond donors (Lipinski definition) is 1. The molecule has 2 unspecified atom stereocenters. The molecule has 1 aromatic carbocycles. The van der Waals surface area contributed by atoms with Gasteiger partial charge in [0.05, 0.1) is 17.2 Å². The van der Waals surface area contributed by atoms with E-state index in [2.05, 4.69) is 32.2 Å². The normalized spacial score (nSPS) is 18.6. The Balaban J connectivity index is 1.58. The molecule has 1 N–H and O–H groups in total. The summed E-state index contributed by atoms with van der Waals surface area (Å²) in [6.45, 7) is 4.85. The molecular weight excluding hydrogens is 445 g/mol. The summed E-state index contributed by atoms with van der Waals surface area (Å²) in [5, 5.41) is 3.01. The standard InChI is InChI=1S/C24H25F3N6O/c1-15-7-4-11-33(19(15)14-32-23-30-12-17(13-31-23)24(25,26)27)22(34)20-16(2)6-3-8-18(20)21-28-9-5-10-29-21/h3,5-6,8-10,12-13,15,19H,4,7,11,14H2,1-2H3,(H,30,31,32). The van der Waals surface area contributed by atoms with E-state index in [1.807, 2.05) is 30.0 Å². The minimum Gasteiger partial charge on any atom is -0.352 e. The predicted octanol–water partition coefficient (Wildman–Crippen LogP) is 4.61. The second-order valence-electron chi connectivity index (χ2n) is 8.43. The van der Waals surface area contributed by atoms with E-state index in [-0.39, 0.29) is 23.8 Å². The molecule has 10 heteroatoms. The van der Waals surface area contributed by atoms with E-state index in [0.29, 0.717) is 30.0 Å². The zero-order valence-electron chi connectivity index (χ0n) is 18.9. The molecule has 4 rings (SSSR count). The number of anilines is 1. The predicted molar refractivity (Wildman–Crippen MR) is 121 cm³/mol. The lowest BCUT2D eigenvalue weighted by molar-refractivity contribution is -0.138. The summed E-state index contributed by atoms with van der Waals surface area (Å²) in [4.78, 5) is 31.9. The van der Waals surface area contributed by atoms with Crippen LogP contribution in [0.15, 0.2) is 49.1 Å². The number of carbonyl (C=O) groups is 1. The van der Waals surface area contributed by atoms with Crippen molar-refractivity contribution < 1.29 is 18.0 Å². The van der Waals surface area contributed by atoms with Crippen molar-refractivity contribution in [2.24, 2.45) is 5.92 Å². The Labute approximate surface area is 195 Å². The average Bonchev–Trinajstić information content (AvgIpc) is 2.83. The molecule has 0 radical (unpaired) electrons. The first-order chi connectivity index (χ1) is 16.3. The molecule has 1 fully saturated rings. The Morgan fingerprint density at radius 1 is 1.12 bits per heavy atom. The number of alkyl halides is 3. The zero-order valence-corrected chi connectivity index (χ0v) is 18.9. The van der Waals surface area contributed by atoms with Crippen LogP contribution < -0.4 is 5.32 Å². The van der Waals surface area contributed by atoms with Crippen molar-refractivity contribution >= 4 is 11.9 Å². The van der Waals surface area contributed by atoms with Crippen LogP contribution >= 0.6 is 0 Å². The van der Waals surface area contributed by atoms with Gasteiger partial charge >= 0.3 is 6.18 Å². The molecule has 2 aromatic heterocycles. The average molecular weight is 470 g/mol. The number of carbonyl (C=O) groups excluding carboxylic acids is 1. The summed E-state index contributed by atoms with van der Waals surface area (Å²) in [6, 6.07) is 7.13. The fraction of sp³-hybridized carbons (Fsp3) is 0.375. The van der Waals surface area contributed by atoms with E-state index in [1.165, 1.54) is 0 Å². The molecule has 0 saturated carbocycles. The number of benzene rings is 1. The Morgan fingerprint density at radius 2 is 1.82 bits per heavy atom. The van der Waals surface area contributed by atoms with E-state index in [1.54, 1.807) is 18.5 Å². The fourth-order valence-corrected chi connectivity index (χ4v) is 4.29. The van der Waals surface area contributed by atoms with Gasteiger partial charge in [-0.1, -0.05) is 25.1 Å². The fourth-order valence-electron chi connectivity index (χ4n) is 4.29. The Kier molecular flexibility index (Phi) is 6.76. The number of aryl methyl sites for hydroxylation is 1. The minimum absolute atomic E-state index is 0.0902. The van der Waals surface area contributed by atoms with Crippen LogP contribution in [0.2, 0.25) is 0 Å². The summed E-state index contributed by atoms with van der Waals surface area (Å²) in [6.07, 6.45) is 2.09. The highest BCUT2D eigenvalue weighted by atomic mass is 19.4. The summed E-state index contributed by atoms with van der Waals surface area (Å²) in [5.74, 6) is 0.632. The number of nitrogens with one attached hydrogen (secondary N) is 1. The molecule has 1 aliphatic rings. The van der Waals surface area contributed by atoms with Crippen molar-refractivity contribution in [3.05, 3.63) is 65.7 Å². The molecule has 1 aliphatic heterocycles. The van der Waals surface area contributed by atoms with Gasteiger partial charge in [0, 0.05) is 43.4 Å². The van der Waals surface area contributed by atoms with Crippen LogP contribution in [0.25, 0.3) is 11.4 Å². The Hall–Kier alpha value is -3.56. The largest absolute Gasteiger partial charge is 0.419 e. The van der Waals surface area contributed by atoms with Crippen molar-refractivity contribution in [3.8, 4) is 11.4 Å². The molecule has 34 heavy (non-hydrogen) atoms. The van der Waals surface area contributed by atoms with Crippen molar-refractivity contribution in [1.82, 2.24) is 24.8 Å². The lowest BCUT2D eigenvalue weighted by Gasteiger charge is -2.40. The lowest BCUT2D eigenvalue weighted by Crippen LogP contribution is -2.51. The van der Waals surface area contributed by atoms with Crippen LogP contribution in [-0.4, -0.2) is 49.9 Å². The highest BCUT2D eigenvalue weighted by molar-refractivity contribution is 6.01. The second-order valence-corrected chi connectivity index (χ2v) is 8.43. The van der Waals surface area contributed by atoms with Gasteiger partial charge in [0.1, 0.15) is 0 Å². The number of aromatic nitrogens is 4. The third-order valence-corrected chi connectivity index (χ3v) is 6.12. The molecule has 1 amide bonds. The number of hydrogen-bond acceptors (Lipinski definition) is 6. The number of amides is 1. The van der Waals surface area contributed by atoms with Crippen molar-refractivity contribution in [1.29, 1.82) is 0 Å². The molecule has 0 aliphatic carbocycles. The van der Waals surface area contributed by atoms with Crippen LogP contribution in [0.1, 0.15) is 41.3 Å². The molecule has 0 spiro atoms. The van der Waals surface area contributed by atoms with Gasteiger partial charge in [-0.2, -0.15) is 13.2 Å². The molecule has 3 heterocycles. The van der Waals surface area contributed by atoms with Crippen LogP contribution in [0.4, 0.5) is 19.1 Å². The van der Waals surface area contributed by atoms with E-state index in [4.69, 9.17) is 0 Å². The van der Waals surface area contributed by atoms with Gasteiger partial charge in [-0.15, -0.1) is 0 Å². The highest BCUT2D eigenvalue weighted by Gasteiger charge is 2.35. The summed E-state index contributed by atoms with van der Waals surface area (Å²) in [5.41, 5.74) is 1.14. The Bertz CT molecular complexity index is 1140. The minimum atomic E-state index is -4.49. The van der Waals surface area contributed by atoms with Gasteiger partial charge in [0.2, 0.25) is 5.95 Å². The molecule has 178 valence electrons.